The number of halogens is 2. The number of aryl methyl sites for hydroxylation is 1. The highest BCUT2D eigenvalue weighted by atomic mass is 19.3. The first-order valence-electron chi connectivity index (χ1n) is 23.5. The molecule has 1 aromatic carbocycles. The molecule has 4 aliphatic heterocycles. The van der Waals surface area contributed by atoms with Crippen LogP contribution in [-0.2, 0) is 14.3 Å². The number of aromatic nitrogens is 9. The fourth-order valence-corrected chi connectivity index (χ4v) is 12.1. The topological polar surface area (TPSA) is 175 Å². The maximum Gasteiger partial charge on any atom is 0.284 e. The molecule has 344 valence electrons. The number of benzene rings is 1. The van der Waals surface area contributed by atoms with Gasteiger partial charge < -0.3 is 19.9 Å². The molecule has 17 nitrogen and oxygen atoms in total. The number of rotatable bonds is 10. The van der Waals surface area contributed by atoms with E-state index in [2.05, 4.69) is 47.6 Å². The number of ether oxygens (including phenoxy) is 1. The number of alkyl halides is 2. The molecule has 3 unspecified atom stereocenters. The predicted octanol–water partition coefficient (Wildman–Crippen LogP) is 6.16. The zero-order valence-corrected chi connectivity index (χ0v) is 36.9. The zero-order valence-electron chi connectivity index (χ0n) is 36.9. The van der Waals surface area contributed by atoms with Crippen LogP contribution in [-0.4, -0.2) is 112 Å². The van der Waals surface area contributed by atoms with Crippen molar-refractivity contribution in [3.63, 3.8) is 0 Å². The molecule has 19 heteroatoms. The van der Waals surface area contributed by atoms with Gasteiger partial charge in [-0.25, -0.2) is 18.3 Å². The summed E-state index contributed by atoms with van der Waals surface area (Å²) in [5, 5.41) is 24.5. The van der Waals surface area contributed by atoms with E-state index in [1.165, 1.54) is 10.7 Å². The SMILES string of the molecule is Cc1nn(C2CCC(=O)NC2=O)c2cccc(-c3cnn(C4CC5CN(CC6CCC(n7cc(NC(=O)c8cnn9ccc(N%10CCC%11(COC%11)C%10)nc89)c(C(F)F)n7)CC6)CC5C4)c3)c12. The quantitative estimate of drug-likeness (QED) is 0.151. The fourth-order valence-electron chi connectivity index (χ4n) is 12.1. The monoisotopic (exact) mass is 901 g/mol. The third kappa shape index (κ3) is 7.25. The maximum absolute atomic E-state index is 14.4. The van der Waals surface area contributed by atoms with Crippen molar-refractivity contribution in [3.8, 4) is 11.1 Å². The van der Waals surface area contributed by atoms with Crippen molar-refractivity contribution in [3.05, 3.63) is 72.2 Å². The molecule has 3 amide bonds. The summed E-state index contributed by atoms with van der Waals surface area (Å²) in [7, 11) is 0. The molecule has 2 aliphatic carbocycles. The second kappa shape index (κ2) is 16.1. The van der Waals surface area contributed by atoms with Gasteiger partial charge in [0.1, 0.15) is 17.4 Å². The summed E-state index contributed by atoms with van der Waals surface area (Å²) in [6.45, 7) is 8.34. The van der Waals surface area contributed by atoms with Crippen molar-refractivity contribution >= 4 is 45.8 Å². The average molecular weight is 902 g/mol. The van der Waals surface area contributed by atoms with Crippen LogP contribution < -0.4 is 15.5 Å². The lowest BCUT2D eigenvalue weighted by atomic mass is 9.85. The Morgan fingerprint density at radius 2 is 1.79 bits per heavy atom. The van der Waals surface area contributed by atoms with Crippen LogP contribution in [0, 0.1) is 30.1 Å². The molecule has 0 radical (unpaired) electrons. The third-order valence-electron chi connectivity index (χ3n) is 15.6. The predicted molar refractivity (Wildman–Crippen MR) is 238 cm³/mol. The summed E-state index contributed by atoms with van der Waals surface area (Å²) in [4.78, 5) is 47.8. The Hall–Kier alpha value is -6.08. The lowest BCUT2D eigenvalue weighted by molar-refractivity contribution is -0.135. The summed E-state index contributed by atoms with van der Waals surface area (Å²) in [6.07, 6.45) is 13.6. The number of amides is 3. The molecule has 1 spiro atoms. The number of likely N-dealkylation sites (tertiary alicyclic amines) is 1. The molecule has 3 atom stereocenters. The third-order valence-corrected chi connectivity index (χ3v) is 15.6. The minimum atomic E-state index is -2.85. The molecule has 9 heterocycles. The van der Waals surface area contributed by atoms with Gasteiger partial charge in [-0.3, -0.25) is 33.7 Å². The highest BCUT2D eigenvalue weighted by Crippen LogP contribution is 2.46. The molecule has 66 heavy (non-hydrogen) atoms. The smallest absolute Gasteiger partial charge is 0.284 e. The molecule has 12 rings (SSSR count). The minimum absolute atomic E-state index is 0.0128. The Morgan fingerprint density at radius 3 is 2.53 bits per heavy atom. The normalized spacial score (nSPS) is 26.5. The number of carbonyl (C=O) groups is 3. The van der Waals surface area contributed by atoms with Gasteiger partial charge >= 0.3 is 0 Å². The molecule has 2 saturated carbocycles. The average Bonchev–Trinajstić information content (AvgIpc) is 4.16. The van der Waals surface area contributed by atoms with Crippen molar-refractivity contribution in [1.29, 1.82) is 0 Å². The van der Waals surface area contributed by atoms with Crippen LogP contribution in [0.5, 0.6) is 0 Å². The van der Waals surface area contributed by atoms with Gasteiger partial charge in [-0.2, -0.15) is 20.4 Å². The Morgan fingerprint density at radius 1 is 0.970 bits per heavy atom. The highest BCUT2D eigenvalue weighted by molar-refractivity contribution is 6.08. The van der Waals surface area contributed by atoms with E-state index >= 15 is 0 Å². The number of hydrogen-bond donors (Lipinski definition) is 2. The van der Waals surface area contributed by atoms with Crippen molar-refractivity contribution in [1.82, 2.24) is 54.2 Å². The minimum Gasteiger partial charge on any atom is -0.380 e. The van der Waals surface area contributed by atoms with Crippen LogP contribution in [0.25, 0.3) is 27.7 Å². The standard InChI is InChI=1S/C47H53F2N13O4/c1-27-41-34(3-2-4-37(41)62(55-27)38-9-10-40(63)54-46(38)65)31-17-50-60(22-31)33-15-29-20-57(21-30(29)16-33)19-28-5-7-32(8-6-28)61-23-36(42(56-61)43(48)49)52-45(64)35-18-51-59-13-11-39(53-44(35)59)58-14-12-47(24-58)25-66-26-47/h2-4,11,13,17-18,22-23,28-30,32-33,38,43H,5-10,12,14-16,19-21,24-26H2,1H3,(H,52,64)(H,54,63,65). The van der Waals surface area contributed by atoms with Crippen LogP contribution in [0.3, 0.4) is 0 Å². The number of piperidine rings is 1. The van der Waals surface area contributed by atoms with E-state index in [1.807, 2.05) is 31.3 Å². The van der Waals surface area contributed by atoms with Crippen molar-refractivity contribution in [2.75, 3.05) is 56.2 Å². The molecule has 6 fully saturated rings. The molecular formula is C47H53F2N13O4. The molecule has 0 bridgehead atoms. The largest absolute Gasteiger partial charge is 0.380 e. The number of carbonyl (C=O) groups excluding carboxylic acids is 3. The molecule has 6 aromatic rings. The summed E-state index contributed by atoms with van der Waals surface area (Å²) in [6, 6.07) is 7.73. The first-order chi connectivity index (χ1) is 32.0. The first-order valence-corrected chi connectivity index (χ1v) is 23.5. The van der Waals surface area contributed by atoms with E-state index in [-0.39, 0.29) is 34.5 Å². The van der Waals surface area contributed by atoms with Crippen LogP contribution in [0.15, 0.2) is 55.2 Å². The van der Waals surface area contributed by atoms with Gasteiger partial charge in [0.2, 0.25) is 5.91 Å². The van der Waals surface area contributed by atoms with Gasteiger partial charge in [0.25, 0.3) is 18.2 Å². The second-order valence-corrected chi connectivity index (χ2v) is 19.9. The Bertz CT molecular complexity index is 2860. The lowest BCUT2D eigenvalue weighted by Gasteiger charge is -2.37. The summed E-state index contributed by atoms with van der Waals surface area (Å²) in [5.74, 6) is 1.40. The van der Waals surface area contributed by atoms with Crippen molar-refractivity contribution < 1.29 is 27.9 Å². The van der Waals surface area contributed by atoms with Crippen LogP contribution in [0.4, 0.5) is 20.3 Å². The Labute approximate surface area is 378 Å². The number of fused-ring (bicyclic) bond motifs is 3. The van der Waals surface area contributed by atoms with Gasteiger partial charge in [-0.05, 0) is 93.7 Å². The van der Waals surface area contributed by atoms with Gasteiger partial charge in [-0.1, -0.05) is 12.1 Å². The van der Waals surface area contributed by atoms with Gasteiger partial charge in [0.05, 0.1) is 54.6 Å². The summed E-state index contributed by atoms with van der Waals surface area (Å²) in [5.41, 5.74) is 4.10. The first kappa shape index (κ1) is 41.4. The van der Waals surface area contributed by atoms with Gasteiger partial charge in [-0.15, -0.1) is 0 Å². The molecule has 2 N–H and O–H groups in total. The fraction of sp³-hybridized carbons (Fsp3) is 0.532. The number of anilines is 2. The molecule has 6 aliphatic rings. The lowest BCUT2D eigenvalue weighted by Crippen LogP contribution is -2.44. The van der Waals surface area contributed by atoms with Gasteiger partial charge in [0, 0.05) is 74.1 Å². The zero-order chi connectivity index (χ0) is 44.8. The summed E-state index contributed by atoms with van der Waals surface area (Å²) < 4.78 is 41.3. The van der Waals surface area contributed by atoms with Crippen LogP contribution in [0.1, 0.15) is 104 Å². The van der Waals surface area contributed by atoms with E-state index in [0.29, 0.717) is 42.3 Å². The van der Waals surface area contributed by atoms with E-state index < -0.39 is 24.1 Å². The highest BCUT2D eigenvalue weighted by Gasteiger charge is 2.45. The second-order valence-electron chi connectivity index (χ2n) is 19.9. The molecule has 5 aromatic heterocycles. The van der Waals surface area contributed by atoms with Crippen molar-refractivity contribution in [2.24, 2.45) is 23.2 Å². The Kier molecular flexibility index (Phi) is 10.1. The molecular weight excluding hydrogens is 849 g/mol. The molecule has 4 saturated heterocycles. The van der Waals surface area contributed by atoms with E-state index in [9.17, 15) is 23.2 Å². The van der Waals surface area contributed by atoms with Crippen LogP contribution >= 0.6 is 0 Å². The Balaban J connectivity index is 0.648. The van der Waals surface area contributed by atoms with Gasteiger partial charge in [0.15, 0.2) is 11.3 Å². The summed E-state index contributed by atoms with van der Waals surface area (Å²) >= 11 is 0. The van der Waals surface area contributed by atoms with E-state index in [1.54, 1.807) is 21.8 Å². The number of imide groups is 1. The van der Waals surface area contributed by atoms with E-state index in [0.717, 1.165) is 124 Å². The van der Waals surface area contributed by atoms with Crippen molar-refractivity contribution in [2.45, 2.75) is 89.3 Å². The maximum atomic E-state index is 14.4. The van der Waals surface area contributed by atoms with Crippen LogP contribution in [0.2, 0.25) is 0 Å². The van der Waals surface area contributed by atoms with E-state index in [4.69, 9.17) is 19.9 Å². The number of nitrogens with one attached hydrogen (secondary N) is 2. The number of nitrogens with zero attached hydrogens (tertiary/aromatic N) is 11. The number of hydrogen-bond acceptors (Lipinski definition) is 11.